The highest BCUT2D eigenvalue weighted by Gasteiger charge is 2.23. The normalized spacial score (nSPS) is 22.7. The van der Waals surface area contributed by atoms with Crippen LogP contribution in [-0.4, -0.2) is 11.0 Å². The van der Waals surface area contributed by atoms with E-state index >= 15 is 0 Å². The third kappa shape index (κ3) is 2.66. The smallest absolute Gasteiger partial charge is 0.0346 e. The highest BCUT2D eigenvalue weighted by atomic mass is 32.2. The summed E-state index contributed by atoms with van der Waals surface area (Å²) in [6.45, 7) is 9.19. The second-order valence-electron chi connectivity index (χ2n) is 4.88. The average Bonchev–Trinajstić information content (AvgIpc) is 2.18. The molecule has 1 atom stereocenters. The van der Waals surface area contributed by atoms with E-state index in [0.29, 0.717) is 0 Å². The van der Waals surface area contributed by atoms with E-state index in [1.54, 1.807) is 0 Å². The molecule has 80 valence electrons. The van der Waals surface area contributed by atoms with Crippen molar-refractivity contribution in [2.75, 3.05) is 6.26 Å². The summed E-state index contributed by atoms with van der Waals surface area (Å²) in [7, 11) is 0. The lowest BCUT2D eigenvalue weighted by Crippen LogP contribution is -2.19. The molecule has 0 aromatic carbocycles. The predicted molar refractivity (Wildman–Crippen MR) is 67.8 cm³/mol. The Kier molecular flexibility index (Phi) is 3.88. The molecule has 0 aromatic rings. The van der Waals surface area contributed by atoms with E-state index < -0.39 is 0 Å². The zero-order valence-electron chi connectivity index (χ0n) is 10.0. The van der Waals surface area contributed by atoms with Crippen molar-refractivity contribution >= 4 is 11.8 Å². The first kappa shape index (κ1) is 11.9. The van der Waals surface area contributed by atoms with Gasteiger partial charge in [-0.15, -0.1) is 0 Å². The molecule has 0 saturated heterocycles. The van der Waals surface area contributed by atoms with Gasteiger partial charge in [0, 0.05) is 4.75 Å². The first-order chi connectivity index (χ1) is 6.47. The second-order valence-corrected chi connectivity index (χ2v) is 6.31. The van der Waals surface area contributed by atoms with E-state index in [1.165, 1.54) is 12.0 Å². The van der Waals surface area contributed by atoms with Crippen molar-refractivity contribution in [1.29, 1.82) is 0 Å². The van der Waals surface area contributed by atoms with E-state index in [1.807, 2.05) is 11.8 Å². The largest absolute Gasteiger partial charge is 0.154 e. The maximum atomic E-state index is 2.42. The van der Waals surface area contributed by atoms with Crippen molar-refractivity contribution in [3.8, 4) is 0 Å². The van der Waals surface area contributed by atoms with Crippen LogP contribution in [0.4, 0.5) is 0 Å². The fraction of sp³-hybridized carbons (Fsp3) is 0.692. The molecule has 14 heavy (non-hydrogen) atoms. The number of thioether (sulfide) groups is 1. The topological polar surface area (TPSA) is 0 Å². The summed E-state index contributed by atoms with van der Waals surface area (Å²) in [4.78, 5) is 0. The fourth-order valence-electron chi connectivity index (χ4n) is 1.70. The summed E-state index contributed by atoms with van der Waals surface area (Å²) in [5.41, 5.74) is 1.49. The first-order valence-corrected chi connectivity index (χ1v) is 6.64. The highest BCUT2D eigenvalue weighted by Crippen LogP contribution is 2.35. The minimum Gasteiger partial charge on any atom is -0.154 e. The van der Waals surface area contributed by atoms with Crippen LogP contribution in [0.25, 0.3) is 0 Å². The molecule has 1 heteroatoms. The molecular weight excluding hydrogens is 188 g/mol. The van der Waals surface area contributed by atoms with Crippen molar-refractivity contribution in [1.82, 2.24) is 0 Å². The summed E-state index contributed by atoms with van der Waals surface area (Å²) in [6, 6.07) is 0. The van der Waals surface area contributed by atoms with Gasteiger partial charge in [-0.1, -0.05) is 32.1 Å². The zero-order valence-corrected chi connectivity index (χ0v) is 10.8. The van der Waals surface area contributed by atoms with Crippen LogP contribution in [0.15, 0.2) is 23.8 Å². The molecule has 0 bridgehead atoms. The summed E-state index contributed by atoms with van der Waals surface area (Å²) in [5.74, 6) is 1.51. The van der Waals surface area contributed by atoms with Crippen LogP contribution in [-0.2, 0) is 0 Å². The van der Waals surface area contributed by atoms with Gasteiger partial charge in [0.15, 0.2) is 0 Å². The first-order valence-electron chi connectivity index (χ1n) is 5.41. The minimum atomic E-state index is 0.276. The Balaban J connectivity index is 2.68. The maximum Gasteiger partial charge on any atom is 0.0346 e. The lowest BCUT2D eigenvalue weighted by molar-refractivity contribution is 0.464. The van der Waals surface area contributed by atoms with Crippen LogP contribution >= 0.6 is 11.8 Å². The predicted octanol–water partition coefficient (Wildman–Crippen LogP) is 4.29. The molecule has 0 heterocycles. The van der Waals surface area contributed by atoms with E-state index in [9.17, 15) is 0 Å². The molecule has 1 unspecified atom stereocenters. The van der Waals surface area contributed by atoms with Crippen molar-refractivity contribution in [2.24, 2.45) is 11.8 Å². The van der Waals surface area contributed by atoms with Gasteiger partial charge in [0.05, 0.1) is 0 Å². The van der Waals surface area contributed by atoms with Gasteiger partial charge in [-0.2, -0.15) is 11.8 Å². The van der Waals surface area contributed by atoms with Crippen molar-refractivity contribution < 1.29 is 0 Å². The van der Waals surface area contributed by atoms with Gasteiger partial charge >= 0.3 is 0 Å². The van der Waals surface area contributed by atoms with Gasteiger partial charge in [-0.25, -0.2) is 0 Å². The number of hydrogen-bond donors (Lipinski definition) is 0. The Labute approximate surface area is 92.9 Å². The molecule has 0 fully saturated rings. The Bertz CT molecular complexity index is 246. The molecule has 0 aromatic heterocycles. The SMILES string of the molecule is CSC(C)(C)C1=CCC(C(C)C)C=C1. The van der Waals surface area contributed by atoms with Gasteiger partial charge in [-0.3, -0.25) is 0 Å². The number of rotatable bonds is 3. The minimum absolute atomic E-state index is 0.276. The van der Waals surface area contributed by atoms with Crippen molar-refractivity contribution in [2.45, 2.75) is 38.9 Å². The van der Waals surface area contributed by atoms with Crippen LogP contribution in [0, 0.1) is 11.8 Å². The maximum absolute atomic E-state index is 2.42. The third-order valence-electron chi connectivity index (χ3n) is 3.19. The molecule has 1 aliphatic rings. The van der Waals surface area contributed by atoms with E-state index in [0.717, 1.165) is 11.8 Å². The molecule has 0 aliphatic heterocycles. The fourth-order valence-corrected chi connectivity index (χ4v) is 2.08. The lowest BCUT2D eigenvalue weighted by atomic mass is 9.85. The van der Waals surface area contributed by atoms with Crippen LogP contribution in [0.3, 0.4) is 0 Å². The number of allylic oxidation sites excluding steroid dienone is 3. The van der Waals surface area contributed by atoms with E-state index in [2.05, 4.69) is 52.2 Å². The lowest BCUT2D eigenvalue weighted by Gasteiger charge is -2.28. The number of hydrogen-bond acceptors (Lipinski definition) is 1. The monoisotopic (exact) mass is 210 g/mol. The highest BCUT2D eigenvalue weighted by molar-refractivity contribution is 8.00. The molecule has 0 saturated carbocycles. The Morgan fingerprint density at radius 2 is 2.07 bits per heavy atom. The molecule has 0 spiro atoms. The summed E-state index contributed by atoms with van der Waals surface area (Å²) >= 11 is 1.92. The Morgan fingerprint density at radius 3 is 2.43 bits per heavy atom. The third-order valence-corrected chi connectivity index (χ3v) is 4.45. The van der Waals surface area contributed by atoms with Crippen molar-refractivity contribution in [3.05, 3.63) is 23.8 Å². The molecule has 0 nitrogen and oxygen atoms in total. The van der Waals surface area contributed by atoms with Gasteiger partial charge in [-0.05, 0) is 43.9 Å². The van der Waals surface area contributed by atoms with Crippen LogP contribution in [0.2, 0.25) is 0 Å². The van der Waals surface area contributed by atoms with Crippen LogP contribution < -0.4 is 0 Å². The Hall–Kier alpha value is -0.170. The van der Waals surface area contributed by atoms with Crippen molar-refractivity contribution in [3.63, 3.8) is 0 Å². The van der Waals surface area contributed by atoms with E-state index in [-0.39, 0.29) is 4.75 Å². The standard InChI is InChI=1S/C13H22S/c1-10(2)11-6-8-12(9-7-11)13(3,4)14-5/h6,8-11H,7H2,1-5H3. The summed E-state index contributed by atoms with van der Waals surface area (Å²) < 4.78 is 0.276. The summed E-state index contributed by atoms with van der Waals surface area (Å²) in [6.07, 6.45) is 10.5. The molecular formula is C13H22S. The quantitative estimate of drug-likeness (QED) is 0.670. The molecule has 0 N–H and O–H groups in total. The van der Waals surface area contributed by atoms with Gasteiger partial charge in [0.1, 0.15) is 0 Å². The van der Waals surface area contributed by atoms with Crippen LogP contribution in [0.1, 0.15) is 34.1 Å². The molecule has 1 rings (SSSR count). The molecule has 0 radical (unpaired) electrons. The molecule has 1 aliphatic carbocycles. The Morgan fingerprint density at radius 1 is 1.43 bits per heavy atom. The summed E-state index contributed by atoms with van der Waals surface area (Å²) in [5, 5.41) is 0. The van der Waals surface area contributed by atoms with Crippen LogP contribution in [0.5, 0.6) is 0 Å². The molecule has 0 amide bonds. The van der Waals surface area contributed by atoms with Gasteiger partial charge < -0.3 is 0 Å². The van der Waals surface area contributed by atoms with Gasteiger partial charge in [0.2, 0.25) is 0 Å². The second kappa shape index (κ2) is 4.57. The van der Waals surface area contributed by atoms with Gasteiger partial charge in [0.25, 0.3) is 0 Å². The van der Waals surface area contributed by atoms with E-state index in [4.69, 9.17) is 0 Å². The average molecular weight is 210 g/mol. The zero-order chi connectivity index (χ0) is 10.8.